The molecule has 3 atom stereocenters. The number of carbonyl (C=O) groups excluding carboxylic acids is 3. The molecule has 0 aliphatic carbocycles. The number of hydrogen-bond acceptors (Lipinski definition) is 7. The normalized spacial score (nSPS) is 13.0. The Morgan fingerprint density at radius 1 is 1.03 bits per heavy atom. The highest BCUT2D eigenvalue weighted by Gasteiger charge is 2.31. The minimum atomic E-state index is -0.628. The molecule has 0 rings (SSSR count). The van der Waals surface area contributed by atoms with Crippen molar-refractivity contribution in [1.82, 2.24) is 5.32 Å². The fourth-order valence-corrected chi connectivity index (χ4v) is 3.02. The number of aliphatic hydroxyl groups excluding tert-OH is 1. The average molecular weight is 560 g/mol. The van der Waals surface area contributed by atoms with Gasteiger partial charge in [0.1, 0.15) is 18.5 Å². The molecule has 0 aromatic rings. The SMILES string of the molecule is C=CC(=O)OCCNC.CC.CCC(C)C=O.CCCCCC(CC)COC(C)(CC)C(=O)CCCCCO. The van der Waals surface area contributed by atoms with Crippen LogP contribution in [0.2, 0.25) is 0 Å². The fraction of sp³-hybridized carbons (Fsp3) is 0.844. The number of aliphatic hydroxyl groups is 1. The van der Waals surface area contributed by atoms with Crippen molar-refractivity contribution < 1.29 is 29.0 Å². The summed E-state index contributed by atoms with van der Waals surface area (Å²) >= 11 is 0. The van der Waals surface area contributed by atoms with Gasteiger partial charge < -0.3 is 24.7 Å². The van der Waals surface area contributed by atoms with Crippen molar-refractivity contribution in [2.24, 2.45) is 11.8 Å². The van der Waals surface area contributed by atoms with E-state index in [1.54, 1.807) is 7.05 Å². The predicted octanol–water partition coefficient (Wildman–Crippen LogP) is 7.09. The van der Waals surface area contributed by atoms with Crippen LogP contribution in [-0.4, -0.2) is 62.2 Å². The molecule has 234 valence electrons. The summed E-state index contributed by atoms with van der Waals surface area (Å²) in [6, 6.07) is 0. The smallest absolute Gasteiger partial charge is 0.330 e. The van der Waals surface area contributed by atoms with Gasteiger partial charge in [-0.1, -0.05) is 87.1 Å². The maximum absolute atomic E-state index is 12.4. The lowest BCUT2D eigenvalue weighted by Crippen LogP contribution is -2.39. The van der Waals surface area contributed by atoms with E-state index in [-0.39, 0.29) is 24.3 Å². The molecule has 0 heterocycles. The molecule has 0 saturated carbocycles. The molecule has 0 spiro atoms. The Kier molecular flexibility index (Phi) is 39.3. The van der Waals surface area contributed by atoms with Crippen molar-refractivity contribution in [1.29, 1.82) is 0 Å². The summed E-state index contributed by atoms with van der Waals surface area (Å²) in [5.41, 5.74) is -0.628. The van der Waals surface area contributed by atoms with Gasteiger partial charge in [-0.3, -0.25) is 4.79 Å². The molecule has 0 fully saturated rings. The van der Waals surface area contributed by atoms with Crippen LogP contribution in [0.1, 0.15) is 126 Å². The van der Waals surface area contributed by atoms with Gasteiger partial charge in [0.15, 0.2) is 5.78 Å². The van der Waals surface area contributed by atoms with E-state index in [1.807, 2.05) is 41.5 Å². The molecule has 0 radical (unpaired) electrons. The van der Waals surface area contributed by atoms with Gasteiger partial charge in [-0.05, 0) is 52.0 Å². The number of unbranched alkanes of at least 4 members (excludes halogenated alkanes) is 4. The van der Waals surface area contributed by atoms with E-state index in [4.69, 9.17) is 9.84 Å². The maximum atomic E-state index is 12.4. The molecule has 7 heteroatoms. The van der Waals surface area contributed by atoms with Gasteiger partial charge in [0.05, 0.1) is 6.61 Å². The van der Waals surface area contributed by atoms with Crippen LogP contribution in [0.4, 0.5) is 0 Å². The molecule has 2 N–H and O–H groups in total. The zero-order valence-corrected chi connectivity index (χ0v) is 27.1. The number of hydrogen-bond donors (Lipinski definition) is 2. The van der Waals surface area contributed by atoms with Gasteiger partial charge in [-0.25, -0.2) is 4.79 Å². The largest absolute Gasteiger partial charge is 0.461 e. The van der Waals surface area contributed by atoms with E-state index in [0.717, 1.165) is 50.9 Å². The Balaban J connectivity index is -0.000000294. The van der Waals surface area contributed by atoms with E-state index in [9.17, 15) is 14.4 Å². The number of rotatable bonds is 21. The summed E-state index contributed by atoms with van der Waals surface area (Å²) in [6.45, 7) is 21.6. The number of carbonyl (C=O) groups is 3. The second-order valence-corrected chi connectivity index (χ2v) is 9.62. The zero-order chi connectivity index (χ0) is 31.0. The van der Waals surface area contributed by atoms with E-state index in [2.05, 4.69) is 30.5 Å². The summed E-state index contributed by atoms with van der Waals surface area (Å²) in [7, 11) is 1.79. The molecule has 0 aromatic heterocycles. The average Bonchev–Trinajstić information content (AvgIpc) is 2.97. The molecular weight excluding hydrogens is 494 g/mol. The highest BCUT2D eigenvalue weighted by Crippen LogP contribution is 2.23. The Bertz CT molecular complexity index is 555. The molecule has 7 nitrogen and oxygen atoms in total. The van der Waals surface area contributed by atoms with Crippen molar-refractivity contribution >= 4 is 18.0 Å². The molecule has 0 aliphatic rings. The summed E-state index contributed by atoms with van der Waals surface area (Å²) in [6.07, 6.45) is 13.0. The summed E-state index contributed by atoms with van der Waals surface area (Å²) < 4.78 is 10.7. The van der Waals surface area contributed by atoms with Crippen LogP contribution in [0.15, 0.2) is 12.7 Å². The van der Waals surface area contributed by atoms with Crippen LogP contribution in [0.5, 0.6) is 0 Å². The van der Waals surface area contributed by atoms with Crippen LogP contribution < -0.4 is 5.32 Å². The number of nitrogens with one attached hydrogen (secondary N) is 1. The second-order valence-electron chi connectivity index (χ2n) is 9.62. The minimum absolute atomic E-state index is 0.214. The zero-order valence-electron chi connectivity index (χ0n) is 27.1. The standard InChI is InChI=1S/C19H38O3.C6H11NO2.C5H10O.C2H6/c1-5-8-10-13-17(6-2)16-22-19(4,7-3)18(21)14-11-9-12-15-20;1-3-6(8)9-5-4-7-2;1-3-5(2)4-6;1-2/h17,20H,5-16H2,1-4H3;3,7H,1,4-5H2,2H3;4-5H,3H2,1-2H3;1-2H3. The van der Waals surface area contributed by atoms with Gasteiger partial charge in [0, 0.05) is 31.6 Å². The monoisotopic (exact) mass is 559 g/mol. The lowest BCUT2D eigenvalue weighted by atomic mass is 9.92. The van der Waals surface area contributed by atoms with Gasteiger partial charge >= 0.3 is 5.97 Å². The molecule has 0 amide bonds. The van der Waals surface area contributed by atoms with E-state index in [0.29, 0.717) is 32.1 Å². The first-order valence-electron chi connectivity index (χ1n) is 15.3. The van der Waals surface area contributed by atoms with Crippen molar-refractivity contribution in [3.05, 3.63) is 12.7 Å². The highest BCUT2D eigenvalue weighted by atomic mass is 16.5. The van der Waals surface area contributed by atoms with Gasteiger partial charge in [-0.15, -0.1) is 0 Å². The first-order chi connectivity index (χ1) is 18.7. The number of aldehydes is 1. The summed E-state index contributed by atoms with van der Waals surface area (Å²) in [4.78, 5) is 32.5. The Labute approximate surface area is 241 Å². The third-order valence-electron chi connectivity index (χ3n) is 6.40. The van der Waals surface area contributed by atoms with Gasteiger partial charge in [0.2, 0.25) is 0 Å². The number of esters is 1. The molecule has 0 saturated heterocycles. The minimum Gasteiger partial charge on any atom is -0.461 e. The highest BCUT2D eigenvalue weighted by molar-refractivity contribution is 5.86. The first-order valence-corrected chi connectivity index (χ1v) is 15.3. The first kappa shape index (κ1) is 44.4. The van der Waals surface area contributed by atoms with Gasteiger partial charge in [0.25, 0.3) is 0 Å². The number of likely N-dealkylation sites (N-methyl/N-ethyl adjacent to an activating group) is 1. The van der Waals surface area contributed by atoms with Crippen molar-refractivity contribution in [3.8, 4) is 0 Å². The molecule has 0 aliphatic heterocycles. The third-order valence-corrected chi connectivity index (χ3v) is 6.40. The quantitative estimate of drug-likeness (QED) is 0.0669. The van der Waals surface area contributed by atoms with Crippen LogP contribution in [0, 0.1) is 11.8 Å². The van der Waals surface area contributed by atoms with E-state index >= 15 is 0 Å². The summed E-state index contributed by atoms with van der Waals surface area (Å²) in [5, 5.41) is 11.6. The molecule has 0 bridgehead atoms. The van der Waals surface area contributed by atoms with E-state index < -0.39 is 5.60 Å². The van der Waals surface area contributed by atoms with E-state index in [1.165, 1.54) is 25.7 Å². The predicted molar refractivity (Wildman–Crippen MR) is 165 cm³/mol. The second kappa shape index (κ2) is 34.5. The van der Waals surface area contributed by atoms with Crippen molar-refractivity contribution in [2.75, 3.05) is 33.4 Å². The lowest BCUT2D eigenvalue weighted by molar-refractivity contribution is -0.145. The molecular formula is C32H65NO6. The molecule has 39 heavy (non-hydrogen) atoms. The van der Waals surface area contributed by atoms with Crippen LogP contribution >= 0.6 is 0 Å². The maximum Gasteiger partial charge on any atom is 0.330 e. The lowest BCUT2D eigenvalue weighted by Gasteiger charge is -2.29. The third kappa shape index (κ3) is 30.8. The van der Waals surface area contributed by atoms with Crippen LogP contribution in [0.25, 0.3) is 0 Å². The number of Topliss-reactive ketones (excluding diaryl/α,β-unsaturated/α-hetero) is 1. The topological polar surface area (TPSA) is 102 Å². The van der Waals surface area contributed by atoms with Crippen LogP contribution in [-0.2, 0) is 23.9 Å². The number of ketones is 1. The Hall–Kier alpha value is -1.57. The van der Waals surface area contributed by atoms with Crippen LogP contribution in [0.3, 0.4) is 0 Å². The Morgan fingerprint density at radius 3 is 2.08 bits per heavy atom. The van der Waals surface area contributed by atoms with Crippen molar-refractivity contribution in [2.45, 2.75) is 132 Å². The molecule has 0 aromatic carbocycles. The van der Waals surface area contributed by atoms with Gasteiger partial charge in [-0.2, -0.15) is 0 Å². The number of ether oxygens (including phenoxy) is 2. The summed E-state index contributed by atoms with van der Waals surface area (Å²) in [5.74, 6) is 0.672. The molecule has 3 unspecified atom stereocenters. The Morgan fingerprint density at radius 2 is 1.67 bits per heavy atom. The van der Waals surface area contributed by atoms with Crippen molar-refractivity contribution in [3.63, 3.8) is 0 Å². The fourth-order valence-electron chi connectivity index (χ4n) is 3.02.